The lowest BCUT2D eigenvalue weighted by molar-refractivity contribution is -0.133. The predicted octanol–water partition coefficient (Wildman–Crippen LogP) is 2.69. The zero-order chi connectivity index (χ0) is 15.9. The molecule has 2 rings (SSSR count). The number of carbonyl (C=O) groups excluding carboxylic acids is 1. The summed E-state index contributed by atoms with van der Waals surface area (Å²) in [4.78, 5) is 14.0. The van der Waals surface area contributed by atoms with Gasteiger partial charge in [0.25, 0.3) is 0 Å². The van der Waals surface area contributed by atoms with E-state index >= 15 is 0 Å². The zero-order valence-electron chi connectivity index (χ0n) is 13.7. The summed E-state index contributed by atoms with van der Waals surface area (Å²) in [6.45, 7) is 6.52. The van der Waals surface area contributed by atoms with Crippen LogP contribution in [0.4, 0.5) is 0 Å². The second-order valence-corrected chi connectivity index (χ2v) is 6.20. The van der Waals surface area contributed by atoms with Crippen molar-refractivity contribution in [2.45, 2.75) is 39.5 Å². The number of aryl methyl sites for hydroxylation is 2. The molecule has 0 aromatic heterocycles. The largest absolute Gasteiger partial charge is 0.494 e. The molecule has 122 valence electrons. The Hall–Kier alpha value is -1.55. The van der Waals surface area contributed by atoms with Crippen LogP contribution in [0.5, 0.6) is 5.75 Å². The molecule has 0 radical (unpaired) electrons. The van der Waals surface area contributed by atoms with E-state index in [1.807, 2.05) is 17.0 Å². The maximum Gasteiger partial charge on any atom is 0.222 e. The molecular weight excluding hydrogens is 278 g/mol. The SMILES string of the molecule is Cc1ccc(OCCCC(=O)N2CCC(CO)CC2)cc1C. The monoisotopic (exact) mass is 305 g/mol. The van der Waals surface area contributed by atoms with Crippen molar-refractivity contribution in [2.24, 2.45) is 5.92 Å². The Balaban J connectivity index is 1.66. The number of hydrogen-bond donors (Lipinski definition) is 1. The van der Waals surface area contributed by atoms with Crippen LogP contribution in [0.15, 0.2) is 18.2 Å². The third kappa shape index (κ3) is 4.73. The second kappa shape index (κ2) is 8.18. The van der Waals surface area contributed by atoms with Crippen molar-refractivity contribution < 1.29 is 14.6 Å². The fourth-order valence-electron chi connectivity index (χ4n) is 2.74. The molecule has 0 atom stereocenters. The molecule has 1 aromatic rings. The summed E-state index contributed by atoms with van der Waals surface area (Å²) in [6, 6.07) is 6.07. The molecule has 4 nitrogen and oxygen atoms in total. The van der Waals surface area contributed by atoms with Crippen molar-refractivity contribution in [2.75, 3.05) is 26.3 Å². The Kier molecular flexibility index (Phi) is 6.25. The summed E-state index contributed by atoms with van der Waals surface area (Å²) < 4.78 is 5.71. The van der Waals surface area contributed by atoms with Gasteiger partial charge in [-0.25, -0.2) is 0 Å². The maximum absolute atomic E-state index is 12.1. The number of ether oxygens (including phenoxy) is 1. The molecule has 1 amide bonds. The molecule has 1 aromatic carbocycles. The Morgan fingerprint density at radius 3 is 2.64 bits per heavy atom. The Morgan fingerprint density at radius 2 is 2.00 bits per heavy atom. The van der Waals surface area contributed by atoms with Crippen LogP contribution < -0.4 is 4.74 Å². The van der Waals surface area contributed by atoms with Gasteiger partial charge in [0.15, 0.2) is 0 Å². The lowest BCUT2D eigenvalue weighted by Gasteiger charge is -2.31. The van der Waals surface area contributed by atoms with Crippen molar-refractivity contribution in [1.29, 1.82) is 0 Å². The van der Waals surface area contributed by atoms with Crippen molar-refractivity contribution in [3.8, 4) is 5.75 Å². The summed E-state index contributed by atoms with van der Waals surface area (Å²) in [6.07, 6.45) is 3.11. The number of aliphatic hydroxyl groups excluding tert-OH is 1. The average molecular weight is 305 g/mol. The topological polar surface area (TPSA) is 49.8 Å². The average Bonchev–Trinajstić information content (AvgIpc) is 2.54. The van der Waals surface area contributed by atoms with E-state index in [0.717, 1.165) is 38.1 Å². The van der Waals surface area contributed by atoms with E-state index < -0.39 is 0 Å². The molecule has 22 heavy (non-hydrogen) atoms. The molecule has 1 aliphatic heterocycles. The maximum atomic E-state index is 12.1. The second-order valence-electron chi connectivity index (χ2n) is 6.20. The molecule has 0 bridgehead atoms. The first-order valence-corrected chi connectivity index (χ1v) is 8.19. The zero-order valence-corrected chi connectivity index (χ0v) is 13.7. The number of nitrogens with zero attached hydrogens (tertiary/aromatic N) is 1. The Bertz CT molecular complexity index is 493. The van der Waals surface area contributed by atoms with E-state index in [1.54, 1.807) is 0 Å². The molecule has 0 aliphatic carbocycles. The third-order valence-corrected chi connectivity index (χ3v) is 4.51. The summed E-state index contributed by atoms with van der Waals surface area (Å²) in [7, 11) is 0. The number of aliphatic hydroxyl groups is 1. The van der Waals surface area contributed by atoms with Gasteiger partial charge in [-0.3, -0.25) is 4.79 Å². The first kappa shape index (κ1) is 16.8. The molecule has 0 unspecified atom stereocenters. The number of carbonyl (C=O) groups is 1. The third-order valence-electron chi connectivity index (χ3n) is 4.51. The highest BCUT2D eigenvalue weighted by Crippen LogP contribution is 2.18. The Morgan fingerprint density at radius 1 is 1.27 bits per heavy atom. The quantitative estimate of drug-likeness (QED) is 0.822. The first-order chi connectivity index (χ1) is 10.6. The summed E-state index contributed by atoms with van der Waals surface area (Å²) in [5.41, 5.74) is 2.48. The van der Waals surface area contributed by atoms with Crippen LogP contribution in [-0.4, -0.2) is 42.2 Å². The van der Waals surface area contributed by atoms with E-state index in [-0.39, 0.29) is 12.5 Å². The van der Waals surface area contributed by atoms with Gasteiger partial charge in [0.2, 0.25) is 5.91 Å². The molecule has 0 spiro atoms. The van der Waals surface area contributed by atoms with Crippen molar-refractivity contribution in [3.63, 3.8) is 0 Å². The smallest absolute Gasteiger partial charge is 0.222 e. The molecule has 4 heteroatoms. The van der Waals surface area contributed by atoms with Crippen LogP contribution in [0.3, 0.4) is 0 Å². The van der Waals surface area contributed by atoms with E-state index in [9.17, 15) is 4.79 Å². The van der Waals surface area contributed by atoms with Crippen LogP contribution in [0.25, 0.3) is 0 Å². The summed E-state index contributed by atoms with van der Waals surface area (Å²) >= 11 is 0. The van der Waals surface area contributed by atoms with Gasteiger partial charge in [-0.2, -0.15) is 0 Å². The fraction of sp³-hybridized carbons (Fsp3) is 0.611. The molecule has 1 saturated heterocycles. The van der Waals surface area contributed by atoms with Crippen molar-refractivity contribution in [1.82, 2.24) is 4.90 Å². The van der Waals surface area contributed by atoms with Crippen molar-refractivity contribution >= 4 is 5.91 Å². The van der Waals surface area contributed by atoms with Gasteiger partial charge < -0.3 is 14.7 Å². The van der Waals surface area contributed by atoms with Gasteiger partial charge in [0, 0.05) is 26.1 Å². The van der Waals surface area contributed by atoms with Crippen molar-refractivity contribution in [3.05, 3.63) is 29.3 Å². The number of rotatable bonds is 6. The molecule has 0 saturated carbocycles. The lowest BCUT2D eigenvalue weighted by Crippen LogP contribution is -2.39. The minimum absolute atomic E-state index is 0.208. The predicted molar refractivity (Wildman–Crippen MR) is 87.0 cm³/mol. The first-order valence-electron chi connectivity index (χ1n) is 8.19. The standard InChI is InChI=1S/C18H27NO3/c1-14-5-6-17(12-15(14)2)22-11-3-4-18(21)19-9-7-16(13-20)8-10-19/h5-6,12,16,20H,3-4,7-11,13H2,1-2H3. The highest BCUT2D eigenvalue weighted by Gasteiger charge is 2.21. The van der Waals surface area contributed by atoms with E-state index in [1.165, 1.54) is 11.1 Å². The number of likely N-dealkylation sites (tertiary alicyclic amines) is 1. The van der Waals surface area contributed by atoms with Crippen LogP contribution >= 0.6 is 0 Å². The van der Waals surface area contributed by atoms with Gasteiger partial charge >= 0.3 is 0 Å². The molecule has 1 heterocycles. The number of benzene rings is 1. The van der Waals surface area contributed by atoms with E-state index in [4.69, 9.17) is 9.84 Å². The van der Waals surface area contributed by atoms with Gasteiger partial charge in [-0.1, -0.05) is 6.07 Å². The van der Waals surface area contributed by atoms with Crippen LogP contribution in [0.2, 0.25) is 0 Å². The lowest BCUT2D eigenvalue weighted by atomic mass is 9.97. The van der Waals surface area contributed by atoms with Gasteiger partial charge in [0.05, 0.1) is 6.61 Å². The molecule has 1 aliphatic rings. The van der Waals surface area contributed by atoms with Gasteiger partial charge in [-0.15, -0.1) is 0 Å². The van der Waals surface area contributed by atoms with Crippen LogP contribution in [0.1, 0.15) is 36.8 Å². The van der Waals surface area contributed by atoms with Crippen LogP contribution in [-0.2, 0) is 4.79 Å². The van der Waals surface area contributed by atoms with Gasteiger partial charge in [0.1, 0.15) is 5.75 Å². The minimum Gasteiger partial charge on any atom is -0.494 e. The van der Waals surface area contributed by atoms with Gasteiger partial charge in [-0.05, 0) is 62.3 Å². The van der Waals surface area contributed by atoms with E-state index in [2.05, 4.69) is 19.9 Å². The number of hydrogen-bond acceptors (Lipinski definition) is 3. The highest BCUT2D eigenvalue weighted by molar-refractivity contribution is 5.76. The fourth-order valence-corrected chi connectivity index (χ4v) is 2.74. The normalized spacial score (nSPS) is 15.9. The highest BCUT2D eigenvalue weighted by atomic mass is 16.5. The molecule has 1 fully saturated rings. The Labute approximate surface area is 133 Å². The summed E-state index contributed by atoms with van der Waals surface area (Å²) in [5, 5.41) is 9.11. The number of piperidine rings is 1. The summed E-state index contributed by atoms with van der Waals surface area (Å²) in [5.74, 6) is 1.46. The number of amides is 1. The minimum atomic E-state index is 0.208. The van der Waals surface area contributed by atoms with E-state index in [0.29, 0.717) is 18.9 Å². The van der Waals surface area contributed by atoms with Crippen LogP contribution in [0, 0.1) is 19.8 Å². The molecular formula is C18H27NO3. The molecule has 1 N–H and O–H groups in total.